The summed E-state index contributed by atoms with van der Waals surface area (Å²) in [4.78, 5) is 0. The Kier molecular flexibility index (Phi) is 4.29. The number of hydrogen-bond acceptors (Lipinski definition) is 3. The van der Waals surface area contributed by atoms with Crippen LogP contribution in [0.3, 0.4) is 0 Å². The second kappa shape index (κ2) is 5.28. The third-order valence-electron chi connectivity index (χ3n) is 2.02. The Morgan fingerprint density at radius 2 is 1.87 bits per heavy atom. The zero-order valence-corrected chi connectivity index (χ0v) is 9.83. The van der Waals surface area contributed by atoms with Gasteiger partial charge in [0.1, 0.15) is 0 Å². The van der Waals surface area contributed by atoms with Gasteiger partial charge in [-0.1, -0.05) is 30.3 Å². The van der Waals surface area contributed by atoms with Gasteiger partial charge >= 0.3 is 0 Å². The summed E-state index contributed by atoms with van der Waals surface area (Å²) in [5.41, 5.74) is 1.20. The van der Waals surface area contributed by atoms with Gasteiger partial charge in [-0.15, -0.1) is 0 Å². The molecule has 84 valence electrons. The zero-order valence-electron chi connectivity index (χ0n) is 9.01. The van der Waals surface area contributed by atoms with E-state index in [1.807, 2.05) is 30.3 Å². The van der Waals surface area contributed by atoms with Crippen molar-refractivity contribution in [3.8, 4) is 0 Å². The summed E-state index contributed by atoms with van der Waals surface area (Å²) in [6, 6.07) is 9.94. The Hall–Kier alpha value is -0.870. The van der Waals surface area contributed by atoms with Crippen LogP contribution in [0.1, 0.15) is 18.9 Å². The normalized spacial score (nSPS) is 13.7. The predicted octanol–water partition coefficient (Wildman–Crippen LogP) is 1.98. The van der Waals surface area contributed by atoms with Crippen molar-refractivity contribution in [1.82, 2.24) is 0 Å². The van der Waals surface area contributed by atoms with Gasteiger partial charge in [-0.3, -0.25) is 4.18 Å². The van der Waals surface area contributed by atoms with Crippen LogP contribution in [0.15, 0.2) is 30.3 Å². The van der Waals surface area contributed by atoms with Crippen LogP contribution in [0.5, 0.6) is 0 Å². The van der Waals surface area contributed by atoms with E-state index in [1.165, 1.54) is 5.56 Å². The molecule has 0 fully saturated rings. The van der Waals surface area contributed by atoms with E-state index in [0.29, 0.717) is 6.42 Å². The van der Waals surface area contributed by atoms with Crippen LogP contribution in [-0.4, -0.2) is 20.8 Å². The molecule has 0 heterocycles. The van der Waals surface area contributed by atoms with Gasteiger partial charge in [0.15, 0.2) is 0 Å². The topological polar surface area (TPSA) is 43.4 Å². The fourth-order valence-electron chi connectivity index (χ4n) is 1.36. The van der Waals surface area contributed by atoms with Gasteiger partial charge in [0.05, 0.1) is 12.4 Å². The van der Waals surface area contributed by atoms with Gasteiger partial charge in [0.25, 0.3) is 10.1 Å². The molecule has 0 amide bonds. The summed E-state index contributed by atoms with van der Waals surface area (Å²) >= 11 is 0. The van der Waals surface area contributed by atoms with Crippen molar-refractivity contribution in [3.05, 3.63) is 35.9 Å². The van der Waals surface area contributed by atoms with E-state index < -0.39 is 10.1 Å². The third kappa shape index (κ3) is 5.54. The van der Waals surface area contributed by atoms with Crippen LogP contribution in [0.2, 0.25) is 0 Å². The van der Waals surface area contributed by atoms with E-state index in [1.54, 1.807) is 6.92 Å². The predicted molar refractivity (Wildman–Crippen MR) is 60.2 cm³/mol. The van der Waals surface area contributed by atoms with Crippen molar-refractivity contribution in [3.63, 3.8) is 0 Å². The smallest absolute Gasteiger partial charge is 0.264 e. The van der Waals surface area contributed by atoms with Gasteiger partial charge in [0.2, 0.25) is 0 Å². The molecule has 0 radical (unpaired) electrons. The molecule has 3 nitrogen and oxygen atoms in total. The lowest BCUT2D eigenvalue weighted by molar-refractivity contribution is 0.221. The highest BCUT2D eigenvalue weighted by atomic mass is 32.2. The fraction of sp³-hybridized carbons (Fsp3) is 0.455. The largest absolute Gasteiger partial charge is 0.267 e. The summed E-state index contributed by atoms with van der Waals surface area (Å²) < 4.78 is 26.5. The SMILES string of the molecule is CC(CCc1ccccc1)OS(C)(=O)=O. The van der Waals surface area contributed by atoms with E-state index in [-0.39, 0.29) is 6.10 Å². The molecule has 0 aromatic heterocycles. The second-order valence-electron chi connectivity index (χ2n) is 3.64. The molecule has 0 saturated carbocycles. The van der Waals surface area contributed by atoms with Crippen molar-refractivity contribution in [2.24, 2.45) is 0 Å². The molecule has 0 bridgehead atoms. The summed E-state index contributed by atoms with van der Waals surface area (Å²) in [5.74, 6) is 0. The number of aryl methyl sites for hydroxylation is 1. The minimum atomic E-state index is -3.33. The van der Waals surface area contributed by atoms with Crippen LogP contribution in [-0.2, 0) is 20.7 Å². The van der Waals surface area contributed by atoms with Gasteiger partial charge < -0.3 is 0 Å². The molecule has 0 spiro atoms. The van der Waals surface area contributed by atoms with Crippen LogP contribution < -0.4 is 0 Å². The van der Waals surface area contributed by atoms with Crippen molar-refractivity contribution in [2.75, 3.05) is 6.26 Å². The molecule has 15 heavy (non-hydrogen) atoms. The Labute approximate surface area is 91.2 Å². The summed E-state index contributed by atoms with van der Waals surface area (Å²) in [7, 11) is -3.33. The lowest BCUT2D eigenvalue weighted by atomic mass is 10.1. The van der Waals surface area contributed by atoms with Crippen molar-refractivity contribution in [2.45, 2.75) is 25.9 Å². The van der Waals surface area contributed by atoms with Gasteiger partial charge in [0, 0.05) is 0 Å². The first kappa shape index (κ1) is 12.2. The molecule has 1 atom stereocenters. The van der Waals surface area contributed by atoms with Crippen molar-refractivity contribution < 1.29 is 12.6 Å². The Morgan fingerprint density at radius 3 is 2.40 bits per heavy atom. The highest BCUT2D eigenvalue weighted by Crippen LogP contribution is 2.08. The maximum absolute atomic E-state index is 10.8. The minimum Gasteiger partial charge on any atom is -0.267 e. The summed E-state index contributed by atoms with van der Waals surface area (Å²) in [5, 5.41) is 0. The maximum Gasteiger partial charge on any atom is 0.264 e. The standard InChI is InChI=1S/C11H16O3S/c1-10(14-15(2,12)13)8-9-11-6-4-3-5-7-11/h3-7,10H,8-9H2,1-2H3. The molecular weight excluding hydrogens is 212 g/mol. The minimum absolute atomic E-state index is 0.264. The maximum atomic E-state index is 10.8. The first-order valence-electron chi connectivity index (χ1n) is 4.89. The van der Waals surface area contributed by atoms with E-state index in [0.717, 1.165) is 12.7 Å². The van der Waals surface area contributed by atoms with E-state index >= 15 is 0 Å². The molecule has 1 rings (SSSR count). The molecule has 0 saturated heterocycles. The van der Waals surface area contributed by atoms with Gasteiger partial charge in [-0.2, -0.15) is 8.42 Å². The molecule has 0 N–H and O–H groups in total. The average Bonchev–Trinajstić information content (AvgIpc) is 2.14. The highest BCUT2D eigenvalue weighted by Gasteiger charge is 2.09. The molecule has 1 aromatic carbocycles. The van der Waals surface area contributed by atoms with Gasteiger partial charge in [-0.25, -0.2) is 0 Å². The fourth-order valence-corrected chi connectivity index (χ4v) is 2.05. The van der Waals surface area contributed by atoms with Crippen molar-refractivity contribution >= 4 is 10.1 Å². The molecule has 1 unspecified atom stereocenters. The lowest BCUT2D eigenvalue weighted by Crippen LogP contribution is -2.14. The molecule has 1 aromatic rings. The number of benzene rings is 1. The molecular formula is C11H16O3S. The average molecular weight is 228 g/mol. The summed E-state index contributed by atoms with van der Waals surface area (Å²) in [6.45, 7) is 1.77. The van der Waals surface area contributed by atoms with E-state index in [4.69, 9.17) is 4.18 Å². The van der Waals surface area contributed by atoms with Crippen LogP contribution in [0.4, 0.5) is 0 Å². The molecule has 0 aliphatic rings. The Balaban J connectivity index is 2.38. The zero-order chi connectivity index (χ0) is 11.3. The summed E-state index contributed by atoms with van der Waals surface area (Å²) in [6.07, 6.45) is 2.35. The third-order valence-corrected chi connectivity index (χ3v) is 2.70. The first-order chi connectivity index (χ1) is 6.97. The molecule has 0 aliphatic carbocycles. The second-order valence-corrected chi connectivity index (χ2v) is 5.24. The number of rotatable bonds is 5. The molecule has 4 heteroatoms. The van der Waals surface area contributed by atoms with Crippen LogP contribution in [0, 0.1) is 0 Å². The van der Waals surface area contributed by atoms with Crippen LogP contribution in [0.25, 0.3) is 0 Å². The Bertz CT molecular complexity index is 384. The van der Waals surface area contributed by atoms with E-state index in [9.17, 15) is 8.42 Å². The molecule has 0 aliphatic heterocycles. The van der Waals surface area contributed by atoms with Crippen molar-refractivity contribution in [1.29, 1.82) is 0 Å². The quantitative estimate of drug-likeness (QED) is 0.724. The lowest BCUT2D eigenvalue weighted by Gasteiger charge is -2.10. The van der Waals surface area contributed by atoms with Crippen LogP contribution >= 0.6 is 0 Å². The number of hydrogen-bond donors (Lipinski definition) is 0. The first-order valence-corrected chi connectivity index (χ1v) is 6.71. The van der Waals surface area contributed by atoms with Gasteiger partial charge in [-0.05, 0) is 25.3 Å². The monoisotopic (exact) mass is 228 g/mol. The Morgan fingerprint density at radius 1 is 1.27 bits per heavy atom. The highest BCUT2D eigenvalue weighted by molar-refractivity contribution is 7.86. The van der Waals surface area contributed by atoms with E-state index in [2.05, 4.69) is 0 Å².